The van der Waals surface area contributed by atoms with Crippen LogP contribution in [0.15, 0.2) is 63.7 Å². The van der Waals surface area contributed by atoms with Gasteiger partial charge in [-0.15, -0.1) is 0 Å². The van der Waals surface area contributed by atoms with E-state index in [2.05, 4.69) is 32.3 Å². The van der Waals surface area contributed by atoms with Crippen molar-refractivity contribution in [1.82, 2.24) is 4.98 Å². The van der Waals surface area contributed by atoms with Crippen LogP contribution in [-0.2, 0) is 15.0 Å². The highest BCUT2D eigenvalue weighted by Crippen LogP contribution is 2.57. The van der Waals surface area contributed by atoms with Gasteiger partial charge in [-0.1, -0.05) is 31.5 Å². The average Bonchev–Trinajstić information content (AvgIpc) is 3.00. The van der Waals surface area contributed by atoms with Crippen LogP contribution in [0.25, 0.3) is 0 Å². The molecule has 1 amide bonds. The van der Waals surface area contributed by atoms with E-state index < -0.39 is 11.3 Å². The van der Waals surface area contributed by atoms with Crippen molar-refractivity contribution in [1.29, 1.82) is 5.26 Å². The van der Waals surface area contributed by atoms with Gasteiger partial charge in [0.2, 0.25) is 5.91 Å². The van der Waals surface area contributed by atoms with Gasteiger partial charge in [0.25, 0.3) is 0 Å². The number of pyridine rings is 1. The van der Waals surface area contributed by atoms with Crippen LogP contribution < -0.4 is 16.0 Å². The number of carbonyl (C=O) groups is 2. The molecular formula is C25H22BrN5O2. The third-order valence-electron chi connectivity index (χ3n) is 6.59. The van der Waals surface area contributed by atoms with Crippen LogP contribution in [0.3, 0.4) is 0 Å². The molecule has 166 valence electrons. The van der Waals surface area contributed by atoms with Crippen molar-refractivity contribution in [3.63, 3.8) is 0 Å². The minimum atomic E-state index is -1.57. The zero-order valence-corrected chi connectivity index (χ0v) is 20.1. The molecule has 0 saturated carbocycles. The molecule has 1 spiro atoms. The summed E-state index contributed by atoms with van der Waals surface area (Å²) in [5.74, 6) is 0.0138. The maximum Gasteiger partial charge on any atom is 0.245 e. The second kappa shape index (κ2) is 7.03. The Hall–Kier alpha value is -3.44. The van der Waals surface area contributed by atoms with E-state index in [9.17, 15) is 14.9 Å². The molecule has 0 radical (unpaired) electrons. The van der Waals surface area contributed by atoms with Gasteiger partial charge in [0.15, 0.2) is 5.78 Å². The summed E-state index contributed by atoms with van der Waals surface area (Å²) < 4.78 is 0.789. The molecule has 1 aliphatic carbocycles. The summed E-state index contributed by atoms with van der Waals surface area (Å²) in [7, 11) is 0. The smallest absolute Gasteiger partial charge is 0.245 e. The first-order valence-electron chi connectivity index (χ1n) is 10.6. The maximum atomic E-state index is 13.8. The Morgan fingerprint density at radius 3 is 2.64 bits per heavy atom. The molecule has 3 N–H and O–H groups in total. The Bertz CT molecular complexity index is 1350. The molecule has 7 nitrogen and oxygen atoms in total. The van der Waals surface area contributed by atoms with Gasteiger partial charge in [-0.25, -0.2) is 4.98 Å². The standard InChI is InChI=1S/C25H22BrN5O2/c1-13-4-6-17-15(8-13)25(23(33)30-17)16(11-27)22(28)31(20-7-5-14(26)12-29-20)18-9-24(2,3)10-19(32)21(18)25/h4-8,12H,9-10,28H2,1-3H3,(H,30,33)/t25-/m1/s1. The number of anilines is 2. The monoisotopic (exact) mass is 503 g/mol. The summed E-state index contributed by atoms with van der Waals surface area (Å²) in [6.07, 6.45) is 2.40. The Kier molecular flexibility index (Phi) is 4.56. The van der Waals surface area contributed by atoms with Crippen molar-refractivity contribution < 1.29 is 9.59 Å². The number of amides is 1. The topological polar surface area (TPSA) is 112 Å². The molecule has 8 heteroatoms. The second-order valence-corrected chi connectivity index (χ2v) is 10.5. The van der Waals surface area contributed by atoms with Crippen molar-refractivity contribution in [2.24, 2.45) is 11.1 Å². The summed E-state index contributed by atoms with van der Waals surface area (Å²) in [6.45, 7) is 5.94. The quantitative estimate of drug-likeness (QED) is 0.602. The number of Topliss-reactive ketones (excluding diaryl/α,β-unsaturated/α-hetero) is 1. The van der Waals surface area contributed by atoms with Crippen LogP contribution in [0.5, 0.6) is 0 Å². The Labute approximate surface area is 200 Å². The van der Waals surface area contributed by atoms with E-state index >= 15 is 0 Å². The lowest BCUT2D eigenvalue weighted by atomic mass is 9.60. The molecule has 1 aromatic carbocycles. The fraction of sp³-hybridized carbons (Fsp3) is 0.280. The van der Waals surface area contributed by atoms with Crippen LogP contribution in [0.1, 0.15) is 37.8 Å². The van der Waals surface area contributed by atoms with E-state index in [4.69, 9.17) is 5.73 Å². The van der Waals surface area contributed by atoms with Gasteiger partial charge in [-0.05, 0) is 52.9 Å². The van der Waals surface area contributed by atoms with E-state index in [1.165, 1.54) is 0 Å². The molecule has 0 unspecified atom stereocenters. The van der Waals surface area contributed by atoms with Crippen molar-refractivity contribution in [3.8, 4) is 6.07 Å². The first kappa shape index (κ1) is 21.4. The van der Waals surface area contributed by atoms with Gasteiger partial charge in [0.05, 0.1) is 5.57 Å². The molecule has 0 fully saturated rings. The number of aromatic nitrogens is 1. The summed E-state index contributed by atoms with van der Waals surface area (Å²) in [6, 6.07) is 11.3. The minimum absolute atomic E-state index is 0.0425. The van der Waals surface area contributed by atoms with E-state index in [0.29, 0.717) is 34.8 Å². The lowest BCUT2D eigenvalue weighted by Crippen LogP contribution is -2.52. The number of hydrogen-bond acceptors (Lipinski definition) is 6. The third-order valence-corrected chi connectivity index (χ3v) is 7.06. The molecule has 0 saturated heterocycles. The van der Waals surface area contributed by atoms with Gasteiger partial charge >= 0.3 is 0 Å². The summed E-state index contributed by atoms with van der Waals surface area (Å²) >= 11 is 3.39. The number of halogens is 1. The molecule has 5 rings (SSSR count). The summed E-state index contributed by atoms with van der Waals surface area (Å²) in [4.78, 5) is 33.6. The van der Waals surface area contributed by atoms with Crippen molar-refractivity contribution in [2.75, 3.05) is 10.2 Å². The first-order valence-corrected chi connectivity index (χ1v) is 11.4. The number of carbonyl (C=O) groups excluding carboxylic acids is 2. The first-order chi connectivity index (χ1) is 15.6. The van der Waals surface area contributed by atoms with Gasteiger partial charge in [0, 0.05) is 39.6 Å². The highest BCUT2D eigenvalue weighted by molar-refractivity contribution is 9.10. The number of hydrogen-bond donors (Lipinski definition) is 2. The van der Waals surface area contributed by atoms with Crippen LogP contribution >= 0.6 is 15.9 Å². The van der Waals surface area contributed by atoms with E-state index in [1.807, 2.05) is 45.0 Å². The number of rotatable bonds is 1. The maximum absolute atomic E-state index is 13.8. The minimum Gasteiger partial charge on any atom is -0.384 e. The predicted molar refractivity (Wildman–Crippen MR) is 128 cm³/mol. The normalized spacial score (nSPS) is 23.4. The van der Waals surface area contributed by atoms with Crippen LogP contribution in [0.2, 0.25) is 0 Å². The average molecular weight is 504 g/mol. The van der Waals surface area contributed by atoms with Crippen LogP contribution in [0.4, 0.5) is 11.5 Å². The lowest BCUT2D eigenvalue weighted by molar-refractivity contribution is -0.123. The molecule has 2 aromatic rings. The van der Waals surface area contributed by atoms with Crippen molar-refractivity contribution in [3.05, 3.63) is 74.8 Å². The Balaban J connectivity index is 1.90. The van der Waals surface area contributed by atoms with Gasteiger partial charge in [-0.3, -0.25) is 14.5 Å². The summed E-state index contributed by atoms with van der Waals surface area (Å²) in [5, 5.41) is 13.2. The molecule has 0 bridgehead atoms. The lowest BCUT2D eigenvalue weighted by Gasteiger charge is -2.46. The molecule has 2 aliphatic heterocycles. The van der Waals surface area contributed by atoms with E-state index in [0.717, 1.165) is 10.0 Å². The third kappa shape index (κ3) is 2.89. The second-order valence-electron chi connectivity index (χ2n) is 9.56. The largest absolute Gasteiger partial charge is 0.384 e. The number of nitrogens with one attached hydrogen (secondary N) is 1. The number of ketones is 1. The van der Waals surface area contributed by atoms with E-state index in [-0.39, 0.29) is 29.0 Å². The number of nitriles is 1. The number of nitrogens with two attached hydrogens (primary N) is 1. The number of aryl methyl sites for hydroxylation is 1. The molecule has 1 atom stereocenters. The molecular weight excluding hydrogens is 482 g/mol. The molecule has 3 heterocycles. The van der Waals surface area contributed by atoms with Gasteiger partial charge in [-0.2, -0.15) is 5.26 Å². The van der Waals surface area contributed by atoms with Crippen molar-refractivity contribution in [2.45, 2.75) is 39.0 Å². The Morgan fingerprint density at radius 1 is 1.21 bits per heavy atom. The van der Waals surface area contributed by atoms with Gasteiger partial charge < -0.3 is 11.1 Å². The highest BCUT2D eigenvalue weighted by Gasteiger charge is 2.61. The summed E-state index contributed by atoms with van der Waals surface area (Å²) in [5.41, 5.74) is 7.82. The highest BCUT2D eigenvalue weighted by atomic mass is 79.9. The van der Waals surface area contributed by atoms with Crippen LogP contribution in [-0.4, -0.2) is 16.7 Å². The number of allylic oxidation sites excluding steroid dienone is 1. The number of benzene rings is 1. The number of fused-ring (bicyclic) bond motifs is 3. The Morgan fingerprint density at radius 2 is 1.97 bits per heavy atom. The SMILES string of the molecule is Cc1ccc2c(c1)[C@@]1(C(=O)N2)C(C#N)=C(N)N(c2ccc(Br)cn2)C2=C1C(=O)CC(C)(C)C2. The number of nitrogens with zero attached hydrogens (tertiary/aromatic N) is 3. The van der Waals surface area contributed by atoms with E-state index in [1.54, 1.807) is 17.2 Å². The van der Waals surface area contributed by atoms with Gasteiger partial charge in [0.1, 0.15) is 23.1 Å². The zero-order valence-electron chi connectivity index (χ0n) is 18.5. The predicted octanol–water partition coefficient (Wildman–Crippen LogP) is 4.20. The zero-order chi connectivity index (χ0) is 23.7. The van der Waals surface area contributed by atoms with Crippen molar-refractivity contribution >= 4 is 39.1 Å². The molecule has 1 aromatic heterocycles. The molecule has 3 aliphatic rings. The fourth-order valence-corrected chi connectivity index (χ4v) is 5.53. The fourth-order valence-electron chi connectivity index (χ4n) is 5.29. The van der Waals surface area contributed by atoms with Crippen LogP contribution in [0, 0.1) is 23.7 Å². The molecule has 33 heavy (non-hydrogen) atoms.